The third kappa shape index (κ3) is 2.75. The van der Waals surface area contributed by atoms with E-state index in [1.54, 1.807) is 6.92 Å². The lowest BCUT2D eigenvalue weighted by Crippen LogP contribution is -1.97. The van der Waals surface area contributed by atoms with Crippen molar-refractivity contribution in [2.75, 3.05) is 0 Å². The largest absolute Gasteiger partial charge is 0.486 e. The van der Waals surface area contributed by atoms with Crippen LogP contribution in [0.3, 0.4) is 0 Å². The van der Waals surface area contributed by atoms with E-state index < -0.39 is 0 Å². The summed E-state index contributed by atoms with van der Waals surface area (Å²) in [5.74, 6) is 1.49. The van der Waals surface area contributed by atoms with Gasteiger partial charge < -0.3 is 4.74 Å². The number of benzene rings is 1. The number of carbonyl (C=O) groups excluding carboxylic acids is 1. The van der Waals surface area contributed by atoms with E-state index in [4.69, 9.17) is 4.74 Å². The number of ketones is 1. The van der Waals surface area contributed by atoms with E-state index in [1.165, 1.54) is 11.3 Å². The minimum absolute atomic E-state index is 0.117. The standard InChI is InChI=1S/C16H17NO2S/c1-10-5-3-4-6-13(10)19-9-14-17-15(12-7-8-12)16(20-14)11(2)18/h3-6,12H,7-9H2,1-2H3. The molecule has 4 heteroatoms. The average molecular weight is 287 g/mol. The lowest BCUT2D eigenvalue weighted by atomic mass is 10.2. The van der Waals surface area contributed by atoms with Gasteiger partial charge in [-0.1, -0.05) is 18.2 Å². The number of ether oxygens (including phenoxy) is 1. The molecule has 0 spiro atoms. The highest BCUT2D eigenvalue weighted by atomic mass is 32.1. The topological polar surface area (TPSA) is 39.2 Å². The monoisotopic (exact) mass is 287 g/mol. The van der Waals surface area contributed by atoms with Crippen molar-refractivity contribution in [3.63, 3.8) is 0 Å². The Morgan fingerprint density at radius 1 is 1.40 bits per heavy atom. The van der Waals surface area contributed by atoms with Gasteiger partial charge in [-0.15, -0.1) is 11.3 Å². The first-order valence-electron chi connectivity index (χ1n) is 6.84. The molecule has 2 aromatic rings. The van der Waals surface area contributed by atoms with Crippen molar-refractivity contribution in [2.24, 2.45) is 0 Å². The third-order valence-electron chi connectivity index (χ3n) is 3.43. The van der Waals surface area contributed by atoms with Crippen LogP contribution >= 0.6 is 11.3 Å². The van der Waals surface area contributed by atoms with Crippen LogP contribution in [0.1, 0.15) is 51.6 Å². The number of nitrogens with zero attached hydrogens (tertiary/aromatic N) is 1. The second-order valence-corrected chi connectivity index (χ2v) is 6.29. The molecular formula is C16H17NO2S. The zero-order valence-electron chi connectivity index (χ0n) is 11.7. The summed E-state index contributed by atoms with van der Waals surface area (Å²) in [5.41, 5.74) is 2.10. The predicted molar refractivity (Wildman–Crippen MR) is 79.6 cm³/mol. The molecule has 1 fully saturated rings. The average Bonchev–Trinajstić information content (AvgIpc) is 3.18. The molecule has 1 aromatic carbocycles. The van der Waals surface area contributed by atoms with Gasteiger partial charge in [0.2, 0.25) is 0 Å². The van der Waals surface area contributed by atoms with E-state index >= 15 is 0 Å². The van der Waals surface area contributed by atoms with Gasteiger partial charge in [0.05, 0.1) is 10.6 Å². The number of hydrogen-bond donors (Lipinski definition) is 0. The molecule has 0 radical (unpaired) electrons. The molecule has 0 bridgehead atoms. The van der Waals surface area contributed by atoms with Gasteiger partial charge >= 0.3 is 0 Å². The van der Waals surface area contributed by atoms with Crippen LogP contribution in [-0.4, -0.2) is 10.8 Å². The molecule has 1 saturated carbocycles. The summed E-state index contributed by atoms with van der Waals surface area (Å²) in [5, 5.41) is 0.889. The number of rotatable bonds is 5. The Bertz CT molecular complexity index is 644. The fourth-order valence-electron chi connectivity index (χ4n) is 2.18. The SMILES string of the molecule is CC(=O)c1sc(COc2ccccc2C)nc1C1CC1. The zero-order valence-corrected chi connectivity index (χ0v) is 12.5. The maximum atomic E-state index is 11.7. The van der Waals surface area contributed by atoms with Gasteiger partial charge in [0.15, 0.2) is 5.78 Å². The van der Waals surface area contributed by atoms with Gasteiger partial charge in [-0.3, -0.25) is 4.79 Å². The Morgan fingerprint density at radius 2 is 2.15 bits per heavy atom. The molecule has 3 nitrogen and oxygen atoms in total. The summed E-state index contributed by atoms with van der Waals surface area (Å²) in [7, 11) is 0. The number of carbonyl (C=O) groups is 1. The molecule has 0 atom stereocenters. The van der Waals surface area contributed by atoms with Gasteiger partial charge in [0.1, 0.15) is 17.4 Å². The van der Waals surface area contributed by atoms with Crippen molar-refractivity contribution in [3.05, 3.63) is 45.4 Å². The number of para-hydroxylation sites is 1. The highest BCUT2D eigenvalue weighted by molar-refractivity contribution is 7.13. The molecule has 0 saturated heterocycles. The molecule has 20 heavy (non-hydrogen) atoms. The summed E-state index contributed by atoms with van der Waals surface area (Å²) in [6.07, 6.45) is 2.31. The van der Waals surface area contributed by atoms with Crippen LogP contribution in [0, 0.1) is 6.92 Å². The molecule has 0 amide bonds. The summed E-state index contributed by atoms with van der Waals surface area (Å²) >= 11 is 1.48. The van der Waals surface area contributed by atoms with Crippen LogP contribution < -0.4 is 4.74 Å². The summed E-state index contributed by atoms with van der Waals surface area (Å²) < 4.78 is 5.81. The van der Waals surface area contributed by atoms with Crippen LogP contribution in [0.5, 0.6) is 5.75 Å². The number of Topliss-reactive ketones (excluding diaryl/α,β-unsaturated/α-hetero) is 1. The van der Waals surface area contributed by atoms with Crippen molar-refractivity contribution >= 4 is 17.1 Å². The van der Waals surface area contributed by atoms with E-state index in [9.17, 15) is 4.79 Å². The fourth-order valence-corrected chi connectivity index (χ4v) is 3.14. The second kappa shape index (κ2) is 5.37. The molecule has 1 heterocycles. The molecule has 1 aliphatic rings. The molecule has 104 valence electrons. The highest BCUT2D eigenvalue weighted by Crippen LogP contribution is 2.42. The van der Waals surface area contributed by atoms with Gasteiger partial charge in [-0.25, -0.2) is 4.98 Å². The number of hydrogen-bond acceptors (Lipinski definition) is 4. The third-order valence-corrected chi connectivity index (χ3v) is 4.57. The Kier molecular flexibility index (Phi) is 3.57. The maximum absolute atomic E-state index is 11.7. The molecule has 3 rings (SSSR count). The molecule has 1 aliphatic carbocycles. The summed E-state index contributed by atoms with van der Waals surface area (Å²) in [4.78, 5) is 17.1. The second-order valence-electron chi connectivity index (χ2n) is 5.21. The highest BCUT2D eigenvalue weighted by Gasteiger charge is 2.31. The zero-order chi connectivity index (χ0) is 14.1. The first-order chi connectivity index (χ1) is 9.65. The lowest BCUT2D eigenvalue weighted by molar-refractivity contribution is 0.102. The minimum atomic E-state index is 0.117. The van der Waals surface area contributed by atoms with E-state index in [0.29, 0.717) is 12.5 Å². The Hall–Kier alpha value is -1.68. The van der Waals surface area contributed by atoms with Crippen LogP contribution in [0.15, 0.2) is 24.3 Å². The molecule has 0 unspecified atom stereocenters. The molecule has 1 aromatic heterocycles. The predicted octanol–water partition coefficient (Wildman–Crippen LogP) is 4.11. The van der Waals surface area contributed by atoms with Crippen LogP contribution in [0.2, 0.25) is 0 Å². The van der Waals surface area contributed by atoms with Crippen molar-refractivity contribution in [1.29, 1.82) is 0 Å². The quantitative estimate of drug-likeness (QED) is 0.777. The first-order valence-corrected chi connectivity index (χ1v) is 7.65. The van der Waals surface area contributed by atoms with E-state index in [-0.39, 0.29) is 5.78 Å². The van der Waals surface area contributed by atoms with Crippen LogP contribution in [-0.2, 0) is 6.61 Å². The maximum Gasteiger partial charge on any atom is 0.171 e. The van der Waals surface area contributed by atoms with Crippen molar-refractivity contribution in [1.82, 2.24) is 4.98 Å². The Labute approximate surface area is 122 Å². The van der Waals surface area contributed by atoms with Crippen molar-refractivity contribution in [3.8, 4) is 5.75 Å². The van der Waals surface area contributed by atoms with Crippen molar-refractivity contribution < 1.29 is 9.53 Å². The summed E-state index contributed by atoms with van der Waals surface area (Å²) in [6, 6.07) is 7.93. The first kappa shape index (κ1) is 13.3. The smallest absolute Gasteiger partial charge is 0.171 e. The summed E-state index contributed by atoms with van der Waals surface area (Å²) in [6.45, 7) is 4.07. The van der Waals surface area contributed by atoms with Crippen molar-refractivity contribution in [2.45, 2.75) is 39.2 Å². The van der Waals surface area contributed by atoms with Crippen LogP contribution in [0.4, 0.5) is 0 Å². The van der Waals surface area contributed by atoms with E-state index in [0.717, 1.165) is 39.7 Å². The molecule has 0 aliphatic heterocycles. The van der Waals surface area contributed by atoms with Gasteiger partial charge in [-0.05, 0) is 31.4 Å². The van der Waals surface area contributed by atoms with Crippen LogP contribution in [0.25, 0.3) is 0 Å². The normalized spacial score (nSPS) is 14.3. The van der Waals surface area contributed by atoms with E-state index in [2.05, 4.69) is 4.98 Å². The number of aryl methyl sites for hydroxylation is 1. The van der Waals surface area contributed by atoms with E-state index in [1.807, 2.05) is 31.2 Å². The molecular weight excluding hydrogens is 270 g/mol. The Morgan fingerprint density at radius 3 is 2.80 bits per heavy atom. The van der Waals surface area contributed by atoms with Gasteiger partial charge in [0, 0.05) is 12.8 Å². The minimum Gasteiger partial charge on any atom is -0.486 e. The Balaban J connectivity index is 1.76. The number of thiazole rings is 1. The number of aromatic nitrogens is 1. The van der Waals surface area contributed by atoms with Gasteiger partial charge in [0.25, 0.3) is 0 Å². The fraction of sp³-hybridized carbons (Fsp3) is 0.375. The lowest BCUT2D eigenvalue weighted by Gasteiger charge is -2.06. The van der Waals surface area contributed by atoms with Gasteiger partial charge in [-0.2, -0.15) is 0 Å². The molecule has 0 N–H and O–H groups in total.